The number of carbonyl (C=O) groups is 1. The van der Waals surface area contributed by atoms with E-state index in [1.54, 1.807) is 0 Å². The van der Waals surface area contributed by atoms with E-state index in [-0.39, 0.29) is 12.5 Å². The third kappa shape index (κ3) is 7.61. The van der Waals surface area contributed by atoms with Crippen molar-refractivity contribution in [3.8, 4) is 11.8 Å². The summed E-state index contributed by atoms with van der Waals surface area (Å²) in [6.07, 6.45) is 0. The summed E-state index contributed by atoms with van der Waals surface area (Å²) in [4.78, 5) is 9.85. The molecule has 0 spiro atoms. The zero-order valence-electron chi connectivity index (χ0n) is 4.49. The maximum Gasteiger partial charge on any atom is 0.404 e. The molecule has 0 radical (unpaired) electrons. The number of hydrogen-bond acceptors (Lipinski definition) is 2. The van der Waals surface area contributed by atoms with Crippen molar-refractivity contribution in [3.63, 3.8) is 0 Å². The second-order valence-electron chi connectivity index (χ2n) is 1.01. The molecule has 0 bridgehead atoms. The Bertz CT molecular complexity index is 145. The van der Waals surface area contributed by atoms with Gasteiger partial charge < -0.3 is 4.74 Å². The quantitative estimate of drug-likeness (QED) is 0.336. The summed E-state index contributed by atoms with van der Waals surface area (Å²) in [6, 6.07) is 0. The fourth-order valence-electron chi connectivity index (χ4n) is 0.191. The van der Waals surface area contributed by atoms with Gasteiger partial charge in [-0.1, -0.05) is 11.8 Å². The normalized spacial score (nSPS) is 7.33. The highest BCUT2D eigenvalue weighted by molar-refractivity contribution is 6.61. The van der Waals surface area contributed by atoms with Crippen LogP contribution in [0.15, 0.2) is 0 Å². The van der Waals surface area contributed by atoms with Crippen LogP contribution in [0.5, 0.6) is 0 Å². The summed E-state index contributed by atoms with van der Waals surface area (Å²) < 4.78 is 4.24. The highest BCUT2D eigenvalue weighted by Gasteiger charge is 1.88. The molecule has 0 saturated heterocycles. The first-order valence-corrected chi connectivity index (χ1v) is 3.02. The van der Waals surface area contributed by atoms with Gasteiger partial charge in [-0.15, -0.1) is 11.6 Å². The van der Waals surface area contributed by atoms with E-state index >= 15 is 0 Å². The van der Waals surface area contributed by atoms with Crippen LogP contribution in [-0.4, -0.2) is 17.9 Å². The molecule has 9 heavy (non-hydrogen) atoms. The maximum atomic E-state index is 9.85. The monoisotopic (exact) mass is 166 g/mol. The van der Waals surface area contributed by atoms with E-state index in [9.17, 15) is 4.79 Å². The predicted octanol–water partition coefficient (Wildman–Crippen LogP) is 1.60. The smallest absolute Gasteiger partial charge is 0.404 e. The second-order valence-corrected chi connectivity index (χ2v) is 1.59. The third-order valence-electron chi connectivity index (χ3n) is 0.450. The summed E-state index contributed by atoms with van der Waals surface area (Å²) in [5, 5.41) is 0. The lowest BCUT2D eigenvalue weighted by Crippen LogP contribution is -1.92. The van der Waals surface area contributed by atoms with Gasteiger partial charge in [-0.05, 0) is 0 Å². The SMILES string of the molecule is O=C(Cl)OCC#CCCl. The average Bonchev–Trinajstić information content (AvgIpc) is 1.80. The van der Waals surface area contributed by atoms with E-state index in [1.807, 2.05) is 0 Å². The van der Waals surface area contributed by atoms with Crippen LogP contribution in [0.2, 0.25) is 0 Å². The van der Waals surface area contributed by atoms with Crippen molar-refractivity contribution in [1.82, 2.24) is 0 Å². The number of halogens is 2. The Morgan fingerprint density at radius 2 is 2.22 bits per heavy atom. The second kappa shape index (κ2) is 5.74. The van der Waals surface area contributed by atoms with Gasteiger partial charge in [0.15, 0.2) is 6.61 Å². The lowest BCUT2D eigenvalue weighted by Gasteiger charge is -1.87. The van der Waals surface area contributed by atoms with Crippen molar-refractivity contribution in [1.29, 1.82) is 0 Å². The molecular weight excluding hydrogens is 163 g/mol. The summed E-state index contributed by atoms with van der Waals surface area (Å²) in [5.74, 6) is 5.18. The zero-order valence-corrected chi connectivity index (χ0v) is 6.00. The highest BCUT2D eigenvalue weighted by atomic mass is 35.5. The van der Waals surface area contributed by atoms with Crippen LogP contribution in [0.25, 0.3) is 0 Å². The van der Waals surface area contributed by atoms with Gasteiger partial charge in [0, 0.05) is 11.6 Å². The number of alkyl halides is 1. The Morgan fingerprint density at radius 1 is 1.56 bits per heavy atom. The van der Waals surface area contributed by atoms with E-state index in [0.717, 1.165) is 0 Å². The maximum absolute atomic E-state index is 9.85. The van der Waals surface area contributed by atoms with Gasteiger partial charge in [0.05, 0.1) is 5.88 Å². The van der Waals surface area contributed by atoms with Crippen molar-refractivity contribution in [2.75, 3.05) is 12.5 Å². The topological polar surface area (TPSA) is 26.3 Å². The Labute approximate surface area is 63.1 Å². The lowest BCUT2D eigenvalue weighted by molar-refractivity contribution is 0.188. The molecule has 0 aromatic heterocycles. The molecule has 4 heteroatoms. The van der Waals surface area contributed by atoms with Gasteiger partial charge in [0.1, 0.15) is 0 Å². The zero-order chi connectivity index (χ0) is 7.11. The Hall–Kier alpha value is -0.390. The van der Waals surface area contributed by atoms with Crippen LogP contribution in [0.4, 0.5) is 4.79 Å². The fraction of sp³-hybridized carbons (Fsp3) is 0.400. The predicted molar refractivity (Wildman–Crippen MR) is 35.7 cm³/mol. The van der Waals surface area contributed by atoms with Gasteiger partial charge in [-0.2, -0.15) is 0 Å². The average molecular weight is 167 g/mol. The molecule has 0 aliphatic heterocycles. The molecule has 0 aromatic carbocycles. The Balaban J connectivity index is 3.19. The van der Waals surface area contributed by atoms with Gasteiger partial charge in [-0.25, -0.2) is 4.79 Å². The number of carbonyl (C=O) groups excluding carboxylic acids is 1. The minimum absolute atomic E-state index is 0.00898. The largest absolute Gasteiger partial charge is 0.441 e. The van der Waals surface area contributed by atoms with Crippen LogP contribution >= 0.6 is 23.2 Å². The van der Waals surface area contributed by atoms with E-state index in [2.05, 4.69) is 16.6 Å². The van der Waals surface area contributed by atoms with Gasteiger partial charge in [-0.3, -0.25) is 0 Å². The van der Waals surface area contributed by atoms with Crippen LogP contribution in [-0.2, 0) is 4.74 Å². The molecule has 0 heterocycles. The Kier molecular flexibility index (Phi) is 5.49. The molecular formula is C5H4Cl2O2. The molecule has 2 nitrogen and oxygen atoms in total. The van der Waals surface area contributed by atoms with E-state index in [0.29, 0.717) is 0 Å². The third-order valence-corrected chi connectivity index (χ3v) is 0.692. The van der Waals surface area contributed by atoms with E-state index < -0.39 is 5.43 Å². The molecule has 50 valence electrons. The highest BCUT2D eigenvalue weighted by Crippen LogP contribution is 1.83. The van der Waals surface area contributed by atoms with Crippen LogP contribution in [0.3, 0.4) is 0 Å². The standard InChI is InChI=1S/C5H4Cl2O2/c6-3-1-2-4-9-5(7)8/h3-4H2. The van der Waals surface area contributed by atoms with Crippen LogP contribution < -0.4 is 0 Å². The molecule has 0 aliphatic carbocycles. The van der Waals surface area contributed by atoms with Crippen molar-refractivity contribution in [3.05, 3.63) is 0 Å². The first-order valence-electron chi connectivity index (χ1n) is 2.11. The molecule has 0 saturated carbocycles. The van der Waals surface area contributed by atoms with Crippen molar-refractivity contribution < 1.29 is 9.53 Å². The summed E-state index contributed by atoms with van der Waals surface area (Å²) >= 11 is 9.96. The van der Waals surface area contributed by atoms with E-state index in [1.165, 1.54) is 0 Å². The fourth-order valence-corrected chi connectivity index (χ4v) is 0.340. The summed E-state index contributed by atoms with van der Waals surface area (Å²) in [5.41, 5.74) is -0.848. The van der Waals surface area contributed by atoms with Crippen LogP contribution in [0.1, 0.15) is 0 Å². The van der Waals surface area contributed by atoms with Crippen LogP contribution in [0, 0.1) is 11.8 Å². The first kappa shape index (κ1) is 8.61. The molecule has 0 aromatic rings. The minimum atomic E-state index is -0.848. The van der Waals surface area contributed by atoms with Gasteiger partial charge in [0.25, 0.3) is 0 Å². The van der Waals surface area contributed by atoms with Crippen molar-refractivity contribution in [2.45, 2.75) is 0 Å². The summed E-state index contributed by atoms with van der Waals surface area (Å²) in [6.45, 7) is 0.00898. The minimum Gasteiger partial charge on any atom is -0.441 e. The molecule has 0 amide bonds. The number of rotatable bonds is 1. The molecule has 0 fully saturated rings. The molecule has 0 atom stereocenters. The number of hydrogen-bond donors (Lipinski definition) is 0. The van der Waals surface area contributed by atoms with E-state index in [4.69, 9.17) is 23.2 Å². The van der Waals surface area contributed by atoms with Crippen molar-refractivity contribution >= 4 is 28.6 Å². The molecule has 0 aliphatic rings. The van der Waals surface area contributed by atoms with Crippen molar-refractivity contribution in [2.24, 2.45) is 0 Å². The molecule has 0 unspecified atom stereocenters. The molecule has 0 N–H and O–H groups in total. The lowest BCUT2D eigenvalue weighted by atomic mass is 10.6. The Morgan fingerprint density at radius 3 is 2.67 bits per heavy atom. The van der Waals surface area contributed by atoms with Gasteiger partial charge in [0.2, 0.25) is 0 Å². The molecule has 0 rings (SSSR count). The van der Waals surface area contributed by atoms with Gasteiger partial charge >= 0.3 is 5.43 Å². The number of ether oxygens (including phenoxy) is 1. The summed E-state index contributed by atoms with van der Waals surface area (Å²) in [7, 11) is 0. The first-order chi connectivity index (χ1) is 4.27.